The van der Waals surface area contributed by atoms with Crippen molar-refractivity contribution in [3.63, 3.8) is 0 Å². The lowest BCUT2D eigenvalue weighted by Crippen LogP contribution is -2.13. The molecule has 0 atom stereocenters. The number of aromatic nitrogens is 3. The predicted octanol–water partition coefficient (Wildman–Crippen LogP) is 0.545. The molecule has 0 unspecified atom stereocenters. The zero-order chi connectivity index (χ0) is 13.3. The van der Waals surface area contributed by atoms with Gasteiger partial charge in [-0.2, -0.15) is 5.10 Å². The van der Waals surface area contributed by atoms with Crippen LogP contribution >= 0.6 is 0 Å². The van der Waals surface area contributed by atoms with E-state index in [0.29, 0.717) is 5.56 Å². The van der Waals surface area contributed by atoms with E-state index in [4.69, 9.17) is 5.11 Å². The standard InChI is InChI=1S/C9H10N4O4S/c1-5-3-11-12-8(5)13-18(16,17)6-2-7(9(14)15)10-4-6/h2-4,10H,1H3,(H,14,15)(H2,11,12,13). The van der Waals surface area contributed by atoms with Crippen LogP contribution in [0.5, 0.6) is 0 Å². The summed E-state index contributed by atoms with van der Waals surface area (Å²) in [6, 6.07) is 1.04. The van der Waals surface area contributed by atoms with Crippen LogP contribution in [0.25, 0.3) is 0 Å². The Hall–Kier alpha value is -2.29. The number of carbonyl (C=O) groups is 1. The van der Waals surface area contributed by atoms with Crippen molar-refractivity contribution in [2.24, 2.45) is 0 Å². The van der Waals surface area contributed by atoms with E-state index < -0.39 is 16.0 Å². The van der Waals surface area contributed by atoms with Gasteiger partial charge in [-0.1, -0.05) is 0 Å². The molecule has 0 radical (unpaired) electrons. The number of nitrogens with zero attached hydrogens (tertiary/aromatic N) is 1. The first-order chi connectivity index (χ1) is 8.40. The van der Waals surface area contributed by atoms with Crippen LogP contribution < -0.4 is 4.72 Å². The molecule has 0 aliphatic heterocycles. The van der Waals surface area contributed by atoms with Crippen molar-refractivity contribution >= 4 is 21.8 Å². The second-order valence-electron chi connectivity index (χ2n) is 3.59. The minimum Gasteiger partial charge on any atom is -0.477 e. The van der Waals surface area contributed by atoms with Gasteiger partial charge in [0.25, 0.3) is 10.0 Å². The third-order valence-electron chi connectivity index (χ3n) is 2.26. The zero-order valence-electron chi connectivity index (χ0n) is 9.26. The van der Waals surface area contributed by atoms with Crippen molar-refractivity contribution in [2.45, 2.75) is 11.8 Å². The Balaban J connectivity index is 2.31. The van der Waals surface area contributed by atoms with Crippen molar-refractivity contribution in [2.75, 3.05) is 4.72 Å². The first-order valence-corrected chi connectivity index (χ1v) is 6.33. The highest BCUT2D eigenvalue weighted by molar-refractivity contribution is 7.92. The Morgan fingerprint density at radius 2 is 2.22 bits per heavy atom. The number of sulfonamides is 1. The Labute approximate surface area is 102 Å². The molecule has 2 aromatic rings. The lowest BCUT2D eigenvalue weighted by atomic mass is 10.4. The van der Waals surface area contributed by atoms with Gasteiger partial charge in [0, 0.05) is 11.8 Å². The van der Waals surface area contributed by atoms with Crippen molar-refractivity contribution in [3.8, 4) is 0 Å². The molecule has 9 heteroatoms. The van der Waals surface area contributed by atoms with Gasteiger partial charge < -0.3 is 10.1 Å². The summed E-state index contributed by atoms with van der Waals surface area (Å²) in [5.74, 6) is -0.984. The summed E-state index contributed by atoms with van der Waals surface area (Å²) in [5.41, 5.74) is 0.435. The zero-order valence-corrected chi connectivity index (χ0v) is 10.1. The van der Waals surface area contributed by atoms with E-state index in [1.165, 1.54) is 6.20 Å². The summed E-state index contributed by atoms with van der Waals surface area (Å²) in [4.78, 5) is 12.9. The number of carboxylic acid groups (broad SMARTS) is 1. The summed E-state index contributed by atoms with van der Waals surface area (Å²) >= 11 is 0. The molecule has 18 heavy (non-hydrogen) atoms. The average Bonchev–Trinajstić information content (AvgIpc) is 2.88. The van der Waals surface area contributed by atoms with Crippen LogP contribution in [0.2, 0.25) is 0 Å². The normalized spacial score (nSPS) is 11.4. The molecule has 0 saturated heterocycles. The molecule has 2 aromatic heterocycles. The van der Waals surface area contributed by atoms with Gasteiger partial charge in [0.2, 0.25) is 0 Å². The topological polar surface area (TPSA) is 128 Å². The molecule has 96 valence electrons. The molecule has 4 N–H and O–H groups in total. The van der Waals surface area contributed by atoms with E-state index in [-0.39, 0.29) is 16.4 Å². The maximum atomic E-state index is 11.9. The fraction of sp³-hybridized carbons (Fsp3) is 0.111. The minimum atomic E-state index is -3.83. The second-order valence-corrected chi connectivity index (χ2v) is 5.27. The summed E-state index contributed by atoms with van der Waals surface area (Å²) < 4.78 is 26.1. The number of carboxylic acids is 1. The summed E-state index contributed by atoms with van der Waals surface area (Å²) in [6.45, 7) is 1.68. The molecule has 0 aromatic carbocycles. The first kappa shape index (κ1) is 12.2. The van der Waals surface area contributed by atoms with Gasteiger partial charge in [0.1, 0.15) is 16.4 Å². The van der Waals surface area contributed by atoms with Gasteiger partial charge in [0.15, 0.2) is 0 Å². The van der Waals surface area contributed by atoms with Crippen molar-refractivity contribution in [1.29, 1.82) is 0 Å². The number of aromatic amines is 2. The van der Waals surface area contributed by atoms with Gasteiger partial charge >= 0.3 is 5.97 Å². The molecule has 0 aliphatic carbocycles. The molecule has 0 spiro atoms. The maximum Gasteiger partial charge on any atom is 0.352 e. The van der Waals surface area contributed by atoms with E-state index in [2.05, 4.69) is 19.9 Å². The SMILES string of the molecule is Cc1cn[nH]c1NS(=O)(=O)c1c[nH]c(C(=O)O)c1. The molecular weight excluding hydrogens is 260 g/mol. The van der Waals surface area contributed by atoms with Crippen molar-refractivity contribution in [3.05, 3.63) is 29.7 Å². The fourth-order valence-corrected chi connectivity index (χ4v) is 2.38. The van der Waals surface area contributed by atoms with Gasteiger partial charge in [-0.05, 0) is 13.0 Å². The first-order valence-electron chi connectivity index (χ1n) is 4.84. The van der Waals surface area contributed by atoms with E-state index in [1.54, 1.807) is 6.92 Å². The van der Waals surface area contributed by atoms with E-state index in [0.717, 1.165) is 12.3 Å². The number of hydrogen-bond donors (Lipinski definition) is 4. The van der Waals surface area contributed by atoms with E-state index >= 15 is 0 Å². The largest absolute Gasteiger partial charge is 0.477 e. The second kappa shape index (κ2) is 4.18. The fourth-order valence-electron chi connectivity index (χ4n) is 1.30. The van der Waals surface area contributed by atoms with Crippen LogP contribution in [0, 0.1) is 6.92 Å². The van der Waals surface area contributed by atoms with Gasteiger partial charge in [0.05, 0.1) is 6.20 Å². The number of rotatable bonds is 4. The quantitative estimate of drug-likeness (QED) is 0.644. The molecular formula is C9H10N4O4S. The number of H-pyrrole nitrogens is 2. The number of anilines is 1. The number of nitrogens with one attached hydrogen (secondary N) is 3. The third-order valence-corrected chi connectivity index (χ3v) is 3.59. The van der Waals surface area contributed by atoms with Gasteiger partial charge in [-0.25, -0.2) is 13.2 Å². The Bertz CT molecular complexity index is 685. The molecule has 2 heterocycles. The predicted molar refractivity (Wildman–Crippen MR) is 61.9 cm³/mol. The lowest BCUT2D eigenvalue weighted by Gasteiger charge is -2.04. The maximum absolute atomic E-state index is 11.9. The highest BCUT2D eigenvalue weighted by Gasteiger charge is 2.19. The number of aryl methyl sites for hydroxylation is 1. The summed E-state index contributed by atoms with van der Waals surface area (Å²) in [6.07, 6.45) is 2.58. The van der Waals surface area contributed by atoms with E-state index in [9.17, 15) is 13.2 Å². The Morgan fingerprint density at radius 1 is 1.50 bits per heavy atom. The summed E-state index contributed by atoms with van der Waals surface area (Å²) in [7, 11) is -3.83. The van der Waals surface area contributed by atoms with Crippen LogP contribution in [0.1, 0.15) is 16.1 Å². The monoisotopic (exact) mass is 270 g/mol. The molecule has 0 bridgehead atoms. The molecule has 0 aliphatic rings. The van der Waals surface area contributed by atoms with Crippen molar-refractivity contribution < 1.29 is 18.3 Å². The van der Waals surface area contributed by atoms with Crippen molar-refractivity contribution in [1.82, 2.24) is 15.2 Å². The molecule has 8 nitrogen and oxygen atoms in total. The average molecular weight is 270 g/mol. The number of aromatic carboxylic acids is 1. The number of hydrogen-bond acceptors (Lipinski definition) is 4. The van der Waals surface area contributed by atoms with Gasteiger partial charge in [-0.15, -0.1) is 0 Å². The molecule has 0 amide bonds. The van der Waals surface area contributed by atoms with Crippen LogP contribution in [-0.4, -0.2) is 34.7 Å². The van der Waals surface area contributed by atoms with Crippen LogP contribution in [-0.2, 0) is 10.0 Å². The van der Waals surface area contributed by atoms with Gasteiger partial charge in [-0.3, -0.25) is 9.82 Å². The van der Waals surface area contributed by atoms with Crippen LogP contribution in [0.15, 0.2) is 23.4 Å². The highest BCUT2D eigenvalue weighted by atomic mass is 32.2. The highest BCUT2D eigenvalue weighted by Crippen LogP contribution is 2.17. The lowest BCUT2D eigenvalue weighted by molar-refractivity contribution is 0.0691. The van der Waals surface area contributed by atoms with E-state index in [1.807, 2.05) is 0 Å². The molecule has 2 rings (SSSR count). The summed E-state index contributed by atoms with van der Waals surface area (Å²) in [5, 5.41) is 14.9. The molecule has 0 fully saturated rings. The Kier molecular flexibility index (Phi) is 2.83. The van der Waals surface area contributed by atoms with Crippen LogP contribution in [0.4, 0.5) is 5.82 Å². The van der Waals surface area contributed by atoms with Crippen LogP contribution in [0.3, 0.4) is 0 Å². The minimum absolute atomic E-state index is 0.158. The Morgan fingerprint density at radius 3 is 2.72 bits per heavy atom. The third kappa shape index (κ3) is 2.20. The smallest absolute Gasteiger partial charge is 0.352 e. The molecule has 0 saturated carbocycles.